The van der Waals surface area contributed by atoms with Crippen molar-refractivity contribution in [3.05, 3.63) is 11.8 Å². The van der Waals surface area contributed by atoms with E-state index in [1.165, 1.54) is 10.7 Å². The minimum atomic E-state index is -2.60. The van der Waals surface area contributed by atoms with Crippen LogP contribution in [0.1, 0.15) is 12.1 Å². The minimum absolute atomic E-state index is 0.133. The molecule has 1 aliphatic heterocycles. The number of hydrogen-bond acceptors (Lipinski definition) is 3. The van der Waals surface area contributed by atoms with Crippen LogP contribution in [-0.2, 0) is 6.54 Å². The molecular weight excluding hydrogens is 182 g/mol. The van der Waals surface area contributed by atoms with Crippen LogP contribution in [0.3, 0.4) is 0 Å². The lowest BCUT2D eigenvalue weighted by atomic mass is 10.3. The smallest absolute Gasteiger partial charge is 0.282 e. The Kier molecular flexibility index (Phi) is 1.91. The molecule has 2 rings (SSSR count). The number of ether oxygens (including phenoxy) is 1. The molecule has 0 aromatic carbocycles. The zero-order valence-corrected chi connectivity index (χ0v) is 6.65. The summed E-state index contributed by atoms with van der Waals surface area (Å²) >= 11 is 0. The predicted octanol–water partition coefficient (Wildman–Crippen LogP) is 0.574. The second-order valence-corrected chi connectivity index (χ2v) is 2.86. The van der Waals surface area contributed by atoms with Gasteiger partial charge in [-0.05, 0) is 0 Å². The molecular formula is C7H8F2N2O2. The lowest BCUT2D eigenvalue weighted by molar-refractivity contribution is 0.0552. The van der Waals surface area contributed by atoms with Crippen LogP contribution in [0.5, 0.6) is 5.88 Å². The Morgan fingerprint density at radius 2 is 2.46 bits per heavy atom. The zero-order chi connectivity index (χ0) is 9.42. The monoisotopic (exact) mass is 190 g/mol. The lowest BCUT2D eigenvalue weighted by Gasteiger charge is -2.19. The number of fused-ring (bicyclic) bond motifs is 1. The predicted molar refractivity (Wildman–Crippen MR) is 38.7 cm³/mol. The molecule has 6 heteroatoms. The summed E-state index contributed by atoms with van der Waals surface area (Å²) in [6, 6.07) is 1.19. The molecule has 1 aromatic heterocycles. The van der Waals surface area contributed by atoms with E-state index in [0.717, 1.165) is 0 Å². The van der Waals surface area contributed by atoms with E-state index in [9.17, 15) is 8.78 Å². The molecule has 13 heavy (non-hydrogen) atoms. The number of rotatable bonds is 1. The van der Waals surface area contributed by atoms with E-state index in [4.69, 9.17) is 9.84 Å². The summed E-state index contributed by atoms with van der Waals surface area (Å²) in [5.41, 5.74) is -0.316. The number of alkyl halides is 2. The molecule has 2 heterocycles. The van der Waals surface area contributed by atoms with Gasteiger partial charge in [-0.3, -0.25) is 0 Å². The van der Waals surface area contributed by atoms with Crippen molar-refractivity contribution >= 4 is 0 Å². The molecule has 0 saturated heterocycles. The van der Waals surface area contributed by atoms with Crippen LogP contribution in [0.25, 0.3) is 0 Å². The summed E-state index contributed by atoms with van der Waals surface area (Å²) in [7, 11) is 0. The third-order valence-corrected chi connectivity index (χ3v) is 1.79. The number of halogens is 2. The summed E-state index contributed by atoms with van der Waals surface area (Å²) in [4.78, 5) is 0. The van der Waals surface area contributed by atoms with E-state index in [2.05, 4.69) is 5.10 Å². The standard InChI is InChI=1S/C7H8F2N2O2/c8-7(9)5-1-6-11(10-5)2-4(12)3-13-6/h1,4,7,12H,2-3H2. The Hall–Kier alpha value is -1.17. The van der Waals surface area contributed by atoms with Gasteiger partial charge in [0.15, 0.2) is 0 Å². The molecule has 1 N–H and O–H groups in total. The maximum Gasteiger partial charge on any atom is 0.282 e. The highest BCUT2D eigenvalue weighted by Crippen LogP contribution is 2.24. The Morgan fingerprint density at radius 1 is 1.69 bits per heavy atom. The highest BCUT2D eigenvalue weighted by atomic mass is 19.3. The zero-order valence-electron chi connectivity index (χ0n) is 6.65. The Balaban J connectivity index is 2.28. The summed E-state index contributed by atoms with van der Waals surface area (Å²) in [5.74, 6) is 0.292. The molecule has 0 aliphatic carbocycles. The van der Waals surface area contributed by atoms with Crippen molar-refractivity contribution < 1.29 is 18.6 Å². The maximum atomic E-state index is 12.2. The van der Waals surface area contributed by atoms with E-state index in [0.29, 0.717) is 5.88 Å². The van der Waals surface area contributed by atoms with Crippen LogP contribution in [0, 0.1) is 0 Å². The van der Waals surface area contributed by atoms with Crippen LogP contribution in [0.4, 0.5) is 8.78 Å². The molecule has 4 nitrogen and oxygen atoms in total. The molecule has 0 spiro atoms. The Bertz CT molecular complexity index is 313. The van der Waals surface area contributed by atoms with E-state index in [1.807, 2.05) is 0 Å². The van der Waals surface area contributed by atoms with Gasteiger partial charge in [-0.15, -0.1) is 0 Å². The van der Waals surface area contributed by atoms with Gasteiger partial charge in [-0.25, -0.2) is 13.5 Å². The average molecular weight is 190 g/mol. The van der Waals surface area contributed by atoms with Crippen molar-refractivity contribution in [1.82, 2.24) is 9.78 Å². The van der Waals surface area contributed by atoms with Gasteiger partial charge < -0.3 is 9.84 Å². The van der Waals surface area contributed by atoms with Gasteiger partial charge in [0.05, 0.1) is 6.54 Å². The van der Waals surface area contributed by atoms with Crippen LogP contribution in [-0.4, -0.2) is 27.6 Å². The van der Waals surface area contributed by atoms with Crippen molar-refractivity contribution in [2.75, 3.05) is 6.61 Å². The first-order valence-electron chi connectivity index (χ1n) is 3.83. The molecule has 1 aromatic rings. The van der Waals surface area contributed by atoms with E-state index in [1.54, 1.807) is 0 Å². The summed E-state index contributed by atoms with van der Waals surface area (Å²) < 4.78 is 30.5. The van der Waals surface area contributed by atoms with E-state index >= 15 is 0 Å². The molecule has 1 unspecified atom stereocenters. The highest BCUT2D eigenvalue weighted by molar-refractivity contribution is 5.18. The Morgan fingerprint density at radius 3 is 3.15 bits per heavy atom. The number of aromatic nitrogens is 2. The average Bonchev–Trinajstić information content (AvgIpc) is 2.46. The van der Waals surface area contributed by atoms with Crippen molar-refractivity contribution in [2.24, 2.45) is 0 Å². The molecule has 1 aliphatic rings. The van der Waals surface area contributed by atoms with Crippen LogP contribution in [0.2, 0.25) is 0 Å². The first kappa shape index (κ1) is 8.43. The van der Waals surface area contributed by atoms with Crippen molar-refractivity contribution in [1.29, 1.82) is 0 Å². The first-order valence-corrected chi connectivity index (χ1v) is 3.83. The lowest BCUT2D eigenvalue weighted by Crippen LogP contribution is -2.29. The summed E-state index contributed by atoms with van der Waals surface area (Å²) in [6.45, 7) is 0.344. The fourth-order valence-corrected chi connectivity index (χ4v) is 1.21. The van der Waals surface area contributed by atoms with Gasteiger partial charge in [0, 0.05) is 6.07 Å². The summed E-state index contributed by atoms with van der Waals surface area (Å²) in [6.07, 6.45) is -3.27. The van der Waals surface area contributed by atoms with E-state index in [-0.39, 0.29) is 18.8 Å². The largest absolute Gasteiger partial charge is 0.475 e. The third kappa shape index (κ3) is 1.49. The van der Waals surface area contributed by atoms with Crippen molar-refractivity contribution in [3.8, 4) is 5.88 Å². The first-order chi connectivity index (χ1) is 6.16. The Labute approximate surface area is 72.7 Å². The number of nitrogens with zero attached hydrogens (tertiary/aromatic N) is 2. The van der Waals surface area contributed by atoms with Gasteiger partial charge in [0.1, 0.15) is 18.4 Å². The fraction of sp³-hybridized carbons (Fsp3) is 0.571. The molecule has 0 bridgehead atoms. The van der Waals surface area contributed by atoms with Crippen molar-refractivity contribution in [2.45, 2.75) is 19.1 Å². The maximum absolute atomic E-state index is 12.2. The highest BCUT2D eigenvalue weighted by Gasteiger charge is 2.22. The molecule has 1 atom stereocenters. The fourth-order valence-electron chi connectivity index (χ4n) is 1.21. The summed E-state index contributed by atoms with van der Waals surface area (Å²) in [5, 5.41) is 12.7. The topological polar surface area (TPSA) is 47.3 Å². The number of aliphatic hydroxyl groups excluding tert-OH is 1. The second-order valence-electron chi connectivity index (χ2n) is 2.86. The van der Waals surface area contributed by atoms with Crippen LogP contribution in [0.15, 0.2) is 6.07 Å². The van der Waals surface area contributed by atoms with Crippen LogP contribution < -0.4 is 4.74 Å². The molecule has 0 saturated carbocycles. The van der Waals surface area contributed by atoms with Gasteiger partial charge >= 0.3 is 0 Å². The van der Waals surface area contributed by atoms with Gasteiger partial charge in [-0.2, -0.15) is 5.10 Å². The molecule has 72 valence electrons. The third-order valence-electron chi connectivity index (χ3n) is 1.79. The SMILES string of the molecule is OC1COc2cc(C(F)F)nn2C1. The van der Waals surface area contributed by atoms with Gasteiger partial charge in [0.2, 0.25) is 5.88 Å². The van der Waals surface area contributed by atoms with Gasteiger partial charge in [-0.1, -0.05) is 0 Å². The molecule has 0 fully saturated rings. The quantitative estimate of drug-likeness (QED) is 0.704. The minimum Gasteiger partial charge on any atom is -0.475 e. The number of hydrogen-bond donors (Lipinski definition) is 1. The van der Waals surface area contributed by atoms with Crippen LogP contribution >= 0.6 is 0 Å². The second kappa shape index (κ2) is 2.95. The van der Waals surface area contributed by atoms with Gasteiger partial charge in [0.25, 0.3) is 6.43 Å². The molecule has 0 radical (unpaired) electrons. The molecule has 0 amide bonds. The normalized spacial score (nSPS) is 21.4. The van der Waals surface area contributed by atoms with Crippen molar-refractivity contribution in [3.63, 3.8) is 0 Å². The van der Waals surface area contributed by atoms with E-state index < -0.39 is 12.5 Å². The number of aliphatic hydroxyl groups is 1.